The summed E-state index contributed by atoms with van der Waals surface area (Å²) in [6.45, 7) is 0.549. The highest BCUT2D eigenvalue weighted by atomic mass is 16.5. The number of nitrogens with zero attached hydrogens (tertiary/aromatic N) is 4. The fourth-order valence-corrected chi connectivity index (χ4v) is 2.41. The summed E-state index contributed by atoms with van der Waals surface area (Å²) in [6, 6.07) is 0. The summed E-state index contributed by atoms with van der Waals surface area (Å²) in [5.41, 5.74) is 6.32. The first kappa shape index (κ1) is 10.4. The highest BCUT2D eigenvalue weighted by molar-refractivity contribution is 5.45. The predicted molar refractivity (Wildman–Crippen MR) is 58.9 cm³/mol. The molecule has 0 spiro atoms. The molecule has 0 aliphatic heterocycles. The molecule has 7 heteroatoms. The van der Waals surface area contributed by atoms with Crippen LogP contribution in [0.1, 0.15) is 31.6 Å². The van der Waals surface area contributed by atoms with Gasteiger partial charge in [-0.15, -0.1) is 0 Å². The van der Waals surface area contributed by atoms with Crippen LogP contribution in [0.15, 0.2) is 10.7 Å². The van der Waals surface area contributed by atoms with E-state index in [1.54, 1.807) is 6.20 Å². The number of aromatic nitrogens is 5. The minimum Gasteiger partial charge on any atom is -0.338 e. The van der Waals surface area contributed by atoms with E-state index < -0.39 is 0 Å². The summed E-state index contributed by atoms with van der Waals surface area (Å²) < 4.78 is 5.34. The standard InChI is InChI=1S/C10H14N6O/c11-6-10(3-1-2-4-10)9-13-8(15-17-9)7-5-12-16-14-7/h5H,1-4,6,11H2,(H,12,14,16). The van der Waals surface area contributed by atoms with Gasteiger partial charge in [-0.05, 0) is 12.8 Å². The van der Waals surface area contributed by atoms with Crippen LogP contribution in [0.25, 0.3) is 11.5 Å². The van der Waals surface area contributed by atoms with E-state index in [0.717, 1.165) is 12.8 Å². The molecular formula is C10H14N6O. The molecule has 0 aromatic carbocycles. The van der Waals surface area contributed by atoms with E-state index in [-0.39, 0.29) is 5.41 Å². The molecule has 90 valence electrons. The van der Waals surface area contributed by atoms with Gasteiger partial charge in [0.1, 0.15) is 0 Å². The summed E-state index contributed by atoms with van der Waals surface area (Å²) in [5.74, 6) is 1.10. The molecule has 2 aromatic rings. The summed E-state index contributed by atoms with van der Waals surface area (Å²) >= 11 is 0. The Hall–Kier alpha value is -1.76. The van der Waals surface area contributed by atoms with Crippen LogP contribution in [0.4, 0.5) is 0 Å². The summed E-state index contributed by atoms with van der Waals surface area (Å²) in [7, 11) is 0. The molecule has 0 unspecified atom stereocenters. The molecule has 1 aliphatic carbocycles. The van der Waals surface area contributed by atoms with Crippen LogP contribution in [-0.2, 0) is 5.41 Å². The summed E-state index contributed by atoms with van der Waals surface area (Å²) in [5, 5.41) is 14.1. The molecule has 3 rings (SSSR count). The molecule has 2 heterocycles. The van der Waals surface area contributed by atoms with E-state index in [4.69, 9.17) is 10.3 Å². The lowest BCUT2D eigenvalue weighted by molar-refractivity contribution is 0.284. The molecule has 1 fully saturated rings. The minimum absolute atomic E-state index is 0.130. The highest BCUT2D eigenvalue weighted by Crippen LogP contribution is 2.39. The largest absolute Gasteiger partial charge is 0.338 e. The average molecular weight is 234 g/mol. The molecule has 17 heavy (non-hydrogen) atoms. The summed E-state index contributed by atoms with van der Waals surface area (Å²) in [6.07, 6.45) is 5.93. The Bertz CT molecular complexity index is 485. The van der Waals surface area contributed by atoms with Crippen molar-refractivity contribution in [1.29, 1.82) is 0 Å². The fraction of sp³-hybridized carbons (Fsp3) is 0.600. The van der Waals surface area contributed by atoms with Crippen molar-refractivity contribution in [2.75, 3.05) is 6.54 Å². The van der Waals surface area contributed by atoms with Crippen LogP contribution in [-0.4, -0.2) is 32.1 Å². The van der Waals surface area contributed by atoms with Crippen LogP contribution in [0.2, 0.25) is 0 Å². The van der Waals surface area contributed by atoms with Gasteiger partial charge in [0, 0.05) is 6.54 Å². The second-order valence-electron chi connectivity index (χ2n) is 4.47. The van der Waals surface area contributed by atoms with Gasteiger partial charge in [-0.1, -0.05) is 18.0 Å². The molecule has 3 N–H and O–H groups in total. The Morgan fingerprint density at radius 3 is 2.88 bits per heavy atom. The Balaban J connectivity index is 1.94. The van der Waals surface area contributed by atoms with Crippen LogP contribution >= 0.6 is 0 Å². The van der Waals surface area contributed by atoms with Crippen molar-refractivity contribution in [3.8, 4) is 11.5 Å². The zero-order valence-electron chi connectivity index (χ0n) is 9.39. The highest BCUT2D eigenvalue weighted by Gasteiger charge is 2.39. The van der Waals surface area contributed by atoms with Crippen molar-refractivity contribution in [3.63, 3.8) is 0 Å². The van der Waals surface area contributed by atoms with Gasteiger partial charge in [-0.3, -0.25) is 0 Å². The topological polar surface area (TPSA) is 107 Å². The van der Waals surface area contributed by atoms with E-state index in [1.807, 2.05) is 0 Å². The molecule has 0 radical (unpaired) electrons. The van der Waals surface area contributed by atoms with Gasteiger partial charge in [-0.2, -0.15) is 20.4 Å². The van der Waals surface area contributed by atoms with E-state index >= 15 is 0 Å². The SMILES string of the molecule is NCC1(c2nc(-c3cn[nH]n3)no2)CCCC1. The molecule has 0 atom stereocenters. The maximum atomic E-state index is 5.87. The van der Waals surface area contributed by atoms with Crippen molar-refractivity contribution in [2.24, 2.45) is 5.73 Å². The van der Waals surface area contributed by atoms with Gasteiger partial charge in [0.2, 0.25) is 11.7 Å². The van der Waals surface area contributed by atoms with Gasteiger partial charge in [0.15, 0.2) is 5.69 Å². The van der Waals surface area contributed by atoms with Gasteiger partial charge >= 0.3 is 0 Å². The third-order valence-corrected chi connectivity index (χ3v) is 3.48. The second kappa shape index (κ2) is 3.92. The van der Waals surface area contributed by atoms with E-state index in [9.17, 15) is 0 Å². The first-order valence-electron chi connectivity index (χ1n) is 5.74. The predicted octanol–water partition coefficient (Wildman–Crippen LogP) is 0.625. The number of rotatable bonds is 3. The van der Waals surface area contributed by atoms with Crippen molar-refractivity contribution in [1.82, 2.24) is 25.6 Å². The monoisotopic (exact) mass is 234 g/mol. The molecular weight excluding hydrogens is 220 g/mol. The van der Waals surface area contributed by atoms with E-state index in [1.165, 1.54) is 12.8 Å². The Labute approximate surface area is 97.8 Å². The number of nitrogens with two attached hydrogens (primary N) is 1. The number of hydrogen-bond donors (Lipinski definition) is 2. The third kappa shape index (κ3) is 1.62. The Kier molecular flexibility index (Phi) is 2.40. The normalized spacial score (nSPS) is 18.6. The van der Waals surface area contributed by atoms with Crippen LogP contribution in [0.3, 0.4) is 0 Å². The summed E-state index contributed by atoms with van der Waals surface area (Å²) in [4.78, 5) is 4.40. The first-order valence-corrected chi connectivity index (χ1v) is 5.74. The Morgan fingerprint density at radius 1 is 1.41 bits per heavy atom. The number of hydrogen-bond acceptors (Lipinski definition) is 6. The quantitative estimate of drug-likeness (QED) is 0.806. The molecule has 1 aliphatic rings. The van der Waals surface area contributed by atoms with Crippen molar-refractivity contribution in [2.45, 2.75) is 31.1 Å². The van der Waals surface area contributed by atoms with Crippen LogP contribution < -0.4 is 5.73 Å². The van der Waals surface area contributed by atoms with Crippen molar-refractivity contribution < 1.29 is 4.52 Å². The molecule has 0 saturated heterocycles. The van der Waals surface area contributed by atoms with Gasteiger partial charge < -0.3 is 10.3 Å². The van der Waals surface area contributed by atoms with Crippen LogP contribution in [0, 0.1) is 0 Å². The maximum absolute atomic E-state index is 5.87. The zero-order chi connectivity index (χ0) is 11.7. The zero-order valence-corrected chi connectivity index (χ0v) is 9.39. The lowest BCUT2D eigenvalue weighted by Crippen LogP contribution is -2.32. The molecule has 0 amide bonds. The van der Waals surface area contributed by atoms with E-state index in [0.29, 0.717) is 24.0 Å². The number of nitrogens with one attached hydrogen (secondary N) is 1. The molecule has 0 bridgehead atoms. The second-order valence-corrected chi connectivity index (χ2v) is 4.47. The molecule has 7 nitrogen and oxygen atoms in total. The lowest BCUT2D eigenvalue weighted by Gasteiger charge is -2.21. The smallest absolute Gasteiger partial charge is 0.234 e. The molecule has 1 saturated carbocycles. The Morgan fingerprint density at radius 2 is 2.24 bits per heavy atom. The fourth-order valence-electron chi connectivity index (χ4n) is 2.41. The van der Waals surface area contributed by atoms with Gasteiger partial charge in [0.05, 0.1) is 11.6 Å². The van der Waals surface area contributed by atoms with Crippen LogP contribution in [0.5, 0.6) is 0 Å². The molecule has 2 aromatic heterocycles. The minimum atomic E-state index is -0.130. The van der Waals surface area contributed by atoms with Gasteiger partial charge in [-0.25, -0.2) is 0 Å². The first-order chi connectivity index (χ1) is 8.34. The lowest BCUT2D eigenvalue weighted by atomic mass is 9.86. The van der Waals surface area contributed by atoms with Crippen molar-refractivity contribution >= 4 is 0 Å². The number of H-pyrrole nitrogens is 1. The van der Waals surface area contributed by atoms with Gasteiger partial charge in [0.25, 0.3) is 0 Å². The van der Waals surface area contributed by atoms with Crippen molar-refractivity contribution in [3.05, 3.63) is 12.1 Å². The number of aromatic amines is 1. The average Bonchev–Trinajstić information content (AvgIpc) is 3.10. The van der Waals surface area contributed by atoms with E-state index in [2.05, 4.69) is 25.6 Å². The maximum Gasteiger partial charge on any atom is 0.234 e. The third-order valence-electron chi connectivity index (χ3n) is 3.48.